The highest BCUT2D eigenvalue weighted by Gasteiger charge is 2.04. The zero-order valence-corrected chi connectivity index (χ0v) is 11.7. The second-order valence-electron chi connectivity index (χ2n) is 4.84. The Bertz CT molecular complexity index is 617. The summed E-state index contributed by atoms with van der Waals surface area (Å²) >= 11 is 0. The molecule has 0 bridgehead atoms. The van der Waals surface area contributed by atoms with Gasteiger partial charge in [0.05, 0.1) is 13.0 Å². The van der Waals surface area contributed by atoms with Crippen molar-refractivity contribution < 1.29 is 14.6 Å². The molecule has 0 fully saturated rings. The van der Waals surface area contributed by atoms with Gasteiger partial charge in [-0.25, -0.2) is 0 Å². The van der Waals surface area contributed by atoms with E-state index in [1.165, 1.54) is 16.7 Å². The number of aryl methyl sites for hydroxylation is 2. The van der Waals surface area contributed by atoms with Crippen molar-refractivity contribution in [1.82, 2.24) is 0 Å². The van der Waals surface area contributed by atoms with Gasteiger partial charge in [-0.1, -0.05) is 35.9 Å². The number of carboxylic acids is 1. The van der Waals surface area contributed by atoms with Gasteiger partial charge < -0.3 is 9.84 Å². The van der Waals surface area contributed by atoms with Crippen molar-refractivity contribution in [3.63, 3.8) is 0 Å². The van der Waals surface area contributed by atoms with Crippen LogP contribution in [-0.2, 0) is 4.79 Å². The summed E-state index contributed by atoms with van der Waals surface area (Å²) in [5.74, 6) is -0.152. The van der Waals surface area contributed by atoms with Gasteiger partial charge in [-0.3, -0.25) is 4.79 Å². The SMILES string of the molecule is Cc1ccc(C)c(-c2cccc(OCCC(=O)O)c2)c1. The van der Waals surface area contributed by atoms with Gasteiger partial charge in [0, 0.05) is 0 Å². The van der Waals surface area contributed by atoms with Crippen LogP contribution >= 0.6 is 0 Å². The third kappa shape index (κ3) is 3.60. The molecule has 0 amide bonds. The van der Waals surface area contributed by atoms with Crippen LogP contribution in [0.2, 0.25) is 0 Å². The van der Waals surface area contributed by atoms with E-state index < -0.39 is 5.97 Å². The average Bonchev–Trinajstić information content (AvgIpc) is 2.41. The van der Waals surface area contributed by atoms with E-state index in [1.807, 2.05) is 24.3 Å². The van der Waals surface area contributed by atoms with Crippen LogP contribution < -0.4 is 4.74 Å². The van der Waals surface area contributed by atoms with Crippen LogP contribution in [0.15, 0.2) is 42.5 Å². The predicted octanol–water partition coefficient (Wildman–Crippen LogP) is 3.82. The molecule has 1 N–H and O–H groups in total. The normalized spacial score (nSPS) is 10.3. The van der Waals surface area contributed by atoms with E-state index in [0.29, 0.717) is 5.75 Å². The van der Waals surface area contributed by atoms with Crippen LogP contribution in [0, 0.1) is 13.8 Å². The maximum absolute atomic E-state index is 10.5. The van der Waals surface area contributed by atoms with E-state index in [4.69, 9.17) is 9.84 Å². The van der Waals surface area contributed by atoms with Crippen molar-refractivity contribution in [2.75, 3.05) is 6.61 Å². The lowest BCUT2D eigenvalue weighted by Gasteiger charge is -2.10. The molecule has 0 aliphatic rings. The molecule has 2 aromatic carbocycles. The van der Waals surface area contributed by atoms with Crippen molar-refractivity contribution in [2.24, 2.45) is 0 Å². The Kier molecular flexibility index (Phi) is 4.41. The number of hydrogen-bond acceptors (Lipinski definition) is 2. The number of aliphatic carboxylic acids is 1. The first-order valence-electron chi connectivity index (χ1n) is 6.58. The van der Waals surface area contributed by atoms with Gasteiger partial charge in [0.1, 0.15) is 5.75 Å². The third-order valence-corrected chi connectivity index (χ3v) is 3.12. The largest absolute Gasteiger partial charge is 0.493 e. The molecule has 0 spiro atoms. The standard InChI is InChI=1S/C17H18O3/c1-12-6-7-13(2)16(10-12)14-4-3-5-15(11-14)20-9-8-17(18)19/h3-7,10-11H,8-9H2,1-2H3,(H,18,19). The van der Waals surface area contributed by atoms with Crippen LogP contribution in [0.25, 0.3) is 11.1 Å². The molecule has 0 saturated carbocycles. The Morgan fingerprint density at radius 1 is 1.15 bits per heavy atom. The minimum Gasteiger partial charge on any atom is -0.493 e. The van der Waals surface area contributed by atoms with Crippen molar-refractivity contribution in [1.29, 1.82) is 0 Å². The Morgan fingerprint density at radius 2 is 1.95 bits per heavy atom. The summed E-state index contributed by atoms with van der Waals surface area (Å²) in [6, 6.07) is 14.1. The number of carboxylic acid groups (broad SMARTS) is 1. The maximum Gasteiger partial charge on any atom is 0.306 e. The van der Waals surface area contributed by atoms with Crippen LogP contribution in [0.1, 0.15) is 17.5 Å². The number of ether oxygens (including phenoxy) is 1. The van der Waals surface area contributed by atoms with E-state index in [9.17, 15) is 4.79 Å². The zero-order chi connectivity index (χ0) is 14.5. The highest BCUT2D eigenvalue weighted by molar-refractivity contribution is 5.69. The average molecular weight is 270 g/mol. The first kappa shape index (κ1) is 14.1. The molecule has 2 aromatic rings. The fourth-order valence-electron chi connectivity index (χ4n) is 2.06. The quantitative estimate of drug-likeness (QED) is 0.898. The van der Waals surface area contributed by atoms with Crippen molar-refractivity contribution in [3.8, 4) is 16.9 Å². The summed E-state index contributed by atoms with van der Waals surface area (Å²) in [4.78, 5) is 10.5. The highest BCUT2D eigenvalue weighted by Crippen LogP contribution is 2.27. The molecule has 0 heterocycles. The molecule has 0 aliphatic carbocycles. The Balaban J connectivity index is 2.21. The van der Waals surface area contributed by atoms with Gasteiger partial charge >= 0.3 is 5.97 Å². The summed E-state index contributed by atoms with van der Waals surface area (Å²) < 4.78 is 5.47. The van der Waals surface area contributed by atoms with Gasteiger partial charge in [0.2, 0.25) is 0 Å². The van der Waals surface area contributed by atoms with E-state index in [0.717, 1.165) is 5.56 Å². The van der Waals surface area contributed by atoms with Crippen LogP contribution in [0.3, 0.4) is 0 Å². The van der Waals surface area contributed by atoms with Crippen molar-refractivity contribution in [2.45, 2.75) is 20.3 Å². The van der Waals surface area contributed by atoms with Crippen LogP contribution in [0.4, 0.5) is 0 Å². The number of carbonyl (C=O) groups is 1. The Labute approximate surface area is 118 Å². The molecule has 104 valence electrons. The Hall–Kier alpha value is -2.29. The lowest BCUT2D eigenvalue weighted by Crippen LogP contribution is -2.04. The van der Waals surface area contributed by atoms with E-state index in [2.05, 4.69) is 32.0 Å². The molecular formula is C17H18O3. The fraction of sp³-hybridized carbons (Fsp3) is 0.235. The molecular weight excluding hydrogens is 252 g/mol. The molecule has 2 rings (SSSR count). The number of hydrogen-bond donors (Lipinski definition) is 1. The van der Waals surface area contributed by atoms with Gasteiger partial charge in [-0.05, 0) is 42.7 Å². The summed E-state index contributed by atoms with van der Waals surface area (Å²) in [5, 5.41) is 8.61. The van der Waals surface area contributed by atoms with Gasteiger partial charge in [-0.2, -0.15) is 0 Å². The van der Waals surface area contributed by atoms with Gasteiger partial charge in [0.15, 0.2) is 0 Å². The molecule has 3 nitrogen and oxygen atoms in total. The summed E-state index contributed by atoms with van der Waals surface area (Å²) in [6.45, 7) is 4.33. The molecule has 0 aromatic heterocycles. The van der Waals surface area contributed by atoms with Crippen LogP contribution in [0.5, 0.6) is 5.75 Å². The zero-order valence-electron chi connectivity index (χ0n) is 11.7. The molecule has 0 atom stereocenters. The molecule has 20 heavy (non-hydrogen) atoms. The molecule has 0 radical (unpaired) electrons. The van der Waals surface area contributed by atoms with E-state index >= 15 is 0 Å². The minimum atomic E-state index is -0.851. The first-order chi connectivity index (χ1) is 9.56. The van der Waals surface area contributed by atoms with Crippen molar-refractivity contribution in [3.05, 3.63) is 53.6 Å². The van der Waals surface area contributed by atoms with Gasteiger partial charge in [-0.15, -0.1) is 0 Å². The molecule has 0 unspecified atom stereocenters. The lowest BCUT2D eigenvalue weighted by atomic mass is 9.98. The van der Waals surface area contributed by atoms with Crippen LogP contribution in [-0.4, -0.2) is 17.7 Å². The van der Waals surface area contributed by atoms with Gasteiger partial charge in [0.25, 0.3) is 0 Å². The minimum absolute atomic E-state index is 0.00764. The summed E-state index contributed by atoms with van der Waals surface area (Å²) in [5.41, 5.74) is 4.67. The highest BCUT2D eigenvalue weighted by atomic mass is 16.5. The second kappa shape index (κ2) is 6.24. The number of benzene rings is 2. The van der Waals surface area contributed by atoms with E-state index in [1.54, 1.807) is 0 Å². The predicted molar refractivity (Wildman–Crippen MR) is 79.1 cm³/mol. The maximum atomic E-state index is 10.5. The molecule has 3 heteroatoms. The Morgan fingerprint density at radius 3 is 2.70 bits per heavy atom. The number of rotatable bonds is 5. The lowest BCUT2D eigenvalue weighted by molar-refractivity contribution is -0.137. The fourth-order valence-corrected chi connectivity index (χ4v) is 2.06. The van der Waals surface area contributed by atoms with E-state index in [-0.39, 0.29) is 13.0 Å². The monoisotopic (exact) mass is 270 g/mol. The third-order valence-electron chi connectivity index (χ3n) is 3.12. The molecule has 0 saturated heterocycles. The summed E-state index contributed by atoms with van der Waals surface area (Å²) in [6.07, 6.45) is 0.00764. The second-order valence-corrected chi connectivity index (χ2v) is 4.84. The first-order valence-corrected chi connectivity index (χ1v) is 6.58. The van der Waals surface area contributed by atoms with Crippen molar-refractivity contribution >= 4 is 5.97 Å². The summed E-state index contributed by atoms with van der Waals surface area (Å²) in [7, 11) is 0. The molecule has 0 aliphatic heterocycles. The topological polar surface area (TPSA) is 46.5 Å². The smallest absolute Gasteiger partial charge is 0.306 e.